The Morgan fingerprint density at radius 2 is 1.76 bits per heavy atom. The van der Waals surface area contributed by atoms with Crippen LogP contribution in [0.1, 0.15) is 11.9 Å². The van der Waals surface area contributed by atoms with Gasteiger partial charge in [-0.05, 0) is 18.2 Å². The van der Waals surface area contributed by atoms with Crippen molar-refractivity contribution in [2.45, 2.75) is 6.29 Å². The number of hydrogen-bond acceptors (Lipinski definition) is 6. The van der Waals surface area contributed by atoms with Crippen LogP contribution in [0.2, 0.25) is 5.02 Å². The van der Waals surface area contributed by atoms with Gasteiger partial charge in [-0.1, -0.05) is 11.6 Å². The quantitative estimate of drug-likeness (QED) is 0.662. The van der Waals surface area contributed by atoms with Crippen molar-refractivity contribution < 1.29 is 9.47 Å². The molecule has 0 heterocycles. The molecule has 1 aromatic carbocycles. The van der Waals surface area contributed by atoms with Gasteiger partial charge in [0.05, 0.1) is 0 Å². The average molecular weight is 303 g/mol. The molecule has 0 aliphatic carbocycles. The molecule has 0 aromatic heterocycles. The second kappa shape index (κ2) is 7.89. The van der Waals surface area contributed by atoms with Crippen LogP contribution in [-0.2, 0) is 9.47 Å². The van der Waals surface area contributed by atoms with Gasteiger partial charge in [-0.2, -0.15) is 15.8 Å². The molecule has 21 heavy (non-hydrogen) atoms. The van der Waals surface area contributed by atoms with Crippen LogP contribution in [0.5, 0.6) is 0 Å². The normalized spacial score (nSPS) is 9.38. The zero-order valence-electron chi connectivity index (χ0n) is 11.3. The summed E-state index contributed by atoms with van der Waals surface area (Å²) < 4.78 is 10.3. The molecule has 0 saturated heterocycles. The Hall–Kier alpha value is -2.56. The largest absolute Gasteiger partial charge is 0.352 e. The van der Waals surface area contributed by atoms with E-state index in [9.17, 15) is 0 Å². The van der Waals surface area contributed by atoms with Crippen molar-refractivity contribution in [1.29, 1.82) is 15.8 Å². The van der Waals surface area contributed by atoms with Crippen LogP contribution >= 0.6 is 11.6 Å². The Bertz CT molecular complexity index is 660. The minimum absolute atomic E-state index is 0.139. The van der Waals surface area contributed by atoms with E-state index < -0.39 is 6.29 Å². The van der Waals surface area contributed by atoms with Crippen LogP contribution in [0, 0.1) is 34.0 Å². The molecule has 0 aliphatic rings. The second-order valence-corrected chi connectivity index (χ2v) is 4.16. The van der Waals surface area contributed by atoms with Crippen LogP contribution in [0.4, 0.5) is 5.69 Å². The summed E-state index contributed by atoms with van der Waals surface area (Å²) in [6.45, 7) is 0. The summed E-state index contributed by atoms with van der Waals surface area (Å²) in [6.07, 6.45) is -0.667. The van der Waals surface area contributed by atoms with E-state index in [0.29, 0.717) is 16.3 Å². The summed E-state index contributed by atoms with van der Waals surface area (Å²) in [4.78, 5) is 0. The number of anilines is 1. The summed E-state index contributed by atoms with van der Waals surface area (Å²) >= 11 is 6.07. The Morgan fingerprint density at radius 1 is 1.14 bits per heavy atom. The van der Waals surface area contributed by atoms with Gasteiger partial charge in [0.2, 0.25) is 0 Å². The molecule has 0 fully saturated rings. The molecule has 0 amide bonds. The number of ether oxygens (including phenoxy) is 2. The highest BCUT2D eigenvalue weighted by atomic mass is 35.5. The Labute approximate surface area is 127 Å². The van der Waals surface area contributed by atoms with Crippen molar-refractivity contribution in [3.05, 3.63) is 40.1 Å². The molecule has 0 spiro atoms. The molecule has 1 aromatic rings. The van der Waals surface area contributed by atoms with Gasteiger partial charge >= 0.3 is 0 Å². The lowest BCUT2D eigenvalue weighted by atomic mass is 10.1. The van der Waals surface area contributed by atoms with Gasteiger partial charge in [-0.3, -0.25) is 0 Å². The van der Waals surface area contributed by atoms with Crippen LogP contribution < -0.4 is 5.32 Å². The van der Waals surface area contributed by atoms with E-state index in [1.807, 2.05) is 0 Å². The fraction of sp³-hybridized carbons (Fsp3) is 0.214. The van der Waals surface area contributed by atoms with Gasteiger partial charge < -0.3 is 14.8 Å². The van der Waals surface area contributed by atoms with Gasteiger partial charge in [-0.25, -0.2) is 0 Å². The first-order valence-corrected chi connectivity index (χ1v) is 6.05. The van der Waals surface area contributed by atoms with Gasteiger partial charge in [-0.15, -0.1) is 0 Å². The third-order valence-electron chi connectivity index (χ3n) is 2.53. The molecule has 0 saturated carbocycles. The van der Waals surface area contributed by atoms with E-state index >= 15 is 0 Å². The maximum absolute atomic E-state index is 9.00. The smallest absolute Gasteiger partial charge is 0.184 e. The highest BCUT2D eigenvalue weighted by Gasteiger charge is 2.15. The van der Waals surface area contributed by atoms with Crippen LogP contribution in [0.15, 0.2) is 29.5 Å². The SMILES string of the molecule is COC(OC)c1cc(NC(C#N)=C(C#N)C#N)ccc1Cl. The topological polar surface area (TPSA) is 102 Å². The minimum Gasteiger partial charge on any atom is -0.352 e. The third-order valence-corrected chi connectivity index (χ3v) is 2.88. The zero-order valence-corrected chi connectivity index (χ0v) is 12.1. The minimum atomic E-state index is -0.667. The first-order valence-electron chi connectivity index (χ1n) is 5.67. The number of rotatable bonds is 5. The summed E-state index contributed by atoms with van der Waals surface area (Å²) in [5.41, 5.74) is 0.594. The highest BCUT2D eigenvalue weighted by Crippen LogP contribution is 2.29. The van der Waals surface area contributed by atoms with Gasteiger partial charge in [0.15, 0.2) is 11.9 Å². The molecule has 0 unspecified atom stereocenters. The summed E-state index contributed by atoms with van der Waals surface area (Å²) in [6, 6.07) is 9.89. The molecule has 1 rings (SSSR count). The number of nitrogens with one attached hydrogen (secondary N) is 1. The van der Waals surface area contributed by atoms with E-state index in [1.54, 1.807) is 36.4 Å². The first-order chi connectivity index (χ1) is 10.1. The fourth-order valence-electron chi connectivity index (χ4n) is 1.58. The fourth-order valence-corrected chi connectivity index (χ4v) is 1.79. The molecule has 0 bridgehead atoms. The average Bonchev–Trinajstić information content (AvgIpc) is 2.51. The molecule has 106 valence electrons. The monoisotopic (exact) mass is 302 g/mol. The Balaban J connectivity index is 3.21. The number of benzene rings is 1. The summed E-state index contributed by atoms with van der Waals surface area (Å²) in [5.74, 6) is 0. The van der Waals surface area contributed by atoms with Crippen LogP contribution in [-0.4, -0.2) is 14.2 Å². The molecular formula is C14H11ClN4O2. The van der Waals surface area contributed by atoms with E-state index in [2.05, 4.69) is 5.32 Å². The second-order valence-electron chi connectivity index (χ2n) is 3.75. The molecule has 0 aliphatic heterocycles. The molecular weight excluding hydrogens is 292 g/mol. The standard InChI is InChI=1S/C14H11ClN4O2/c1-20-14(21-2)11-5-10(3-4-12(11)15)19-13(8-18)9(6-16)7-17/h3-5,14,19H,1-2H3. The molecule has 0 atom stereocenters. The predicted octanol–water partition coefficient (Wildman–Crippen LogP) is 2.87. The lowest BCUT2D eigenvalue weighted by Gasteiger charge is -2.16. The van der Waals surface area contributed by atoms with Crippen molar-refractivity contribution in [2.24, 2.45) is 0 Å². The predicted molar refractivity (Wildman–Crippen MR) is 75.7 cm³/mol. The molecule has 1 N–H and O–H groups in total. The first kappa shape index (κ1) is 16.5. The van der Waals surface area contributed by atoms with Crippen LogP contribution in [0.3, 0.4) is 0 Å². The van der Waals surface area contributed by atoms with Crippen molar-refractivity contribution in [3.63, 3.8) is 0 Å². The van der Waals surface area contributed by atoms with Gasteiger partial charge in [0, 0.05) is 30.5 Å². The molecule has 7 heteroatoms. The van der Waals surface area contributed by atoms with E-state index in [1.165, 1.54) is 14.2 Å². The maximum Gasteiger partial charge on any atom is 0.184 e. The van der Waals surface area contributed by atoms with Gasteiger partial charge in [0.1, 0.15) is 23.9 Å². The molecule has 0 radical (unpaired) electrons. The maximum atomic E-state index is 9.00. The van der Waals surface area contributed by atoms with Crippen molar-refractivity contribution in [2.75, 3.05) is 19.5 Å². The third kappa shape index (κ3) is 3.95. The number of halogens is 1. The van der Waals surface area contributed by atoms with Gasteiger partial charge in [0.25, 0.3) is 0 Å². The lowest BCUT2D eigenvalue weighted by Crippen LogP contribution is -2.06. The lowest BCUT2D eigenvalue weighted by molar-refractivity contribution is -0.105. The summed E-state index contributed by atoms with van der Waals surface area (Å²) in [5, 5.41) is 29.7. The van der Waals surface area contributed by atoms with Crippen molar-refractivity contribution >= 4 is 17.3 Å². The number of nitrogens with zero attached hydrogens (tertiary/aromatic N) is 3. The van der Waals surface area contributed by atoms with E-state index in [4.69, 9.17) is 36.9 Å². The number of hydrogen-bond donors (Lipinski definition) is 1. The summed E-state index contributed by atoms with van der Waals surface area (Å²) in [7, 11) is 2.93. The van der Waals surface area contributed by atoms with Crippen LogP contribution in [0.25, 0.3) is 0 Å². The number of nitriles is 3. The van der Waals surface area contributed by atoms with Crippen molar-refractivity contribution in [3.8, 4) is 18.2 Å². The van der Waals surface area contributed by atoms with E-state index in [-0.39, 0.29) is 11.3 Å². The Kier molecular flexibility index (Phi) is 6.20. The number of allylic oxidation sites excluding steroid dienone is 2. The zero-order chi connectivity index (χ0) is 15.8. The highest BCUT2D eigenvalue weighted by molar-refractivity contribution is 6.31. The number of methoxy groups -OCH3 is 2. The Morgan fingerprint density at radius 3 is 2.24 bits per heavy atom. The van der Waals surface area contributed by atoms with Crippen molar-refractivity contribution in [1.82, 2.24) is 0 Å². The van der Waals surface area contributed by atoms with E-state index in [0.717, 1.165) is 0 Å². The molecule has 6 nitrogen and oxygen atoms in total.